The van der Waals surface area contributed by atoms with Gasteiger partial charge >= 0.3 is 0 Å². The summed E-state index contributed by atoms with van der Waals surface area (Å²) in [4.78, 5) is 29.8. The molecule has 4 heterocycles. The number of fused-ring (bicyclic) bond motifs is 2. The quantitative estimate of drug-likeness (QED) is 0.450. The lowest BCUT2D eigenvalue weighted by Crippen LogP contribution is -2.33. The second-order valence-corrected chi connectivity index (χ2v) is 9.70. The van der Waals surface area contributed by atoms with Crippen molar-refractivity contribution in [3.63, 3.8) is 0 Å². The number of rotatable bonds is 5. The Labute approximate surface area is 195 Å². The van der Waals surface area contributed by atoms with Gasteiger partial charge in [0.2, 0.25) is 0 Å². The third-order valence-electron chi connectivity index (χ3n) is 6.44. The summed E-state index contributed by atoms with van der Waals surface area (Å²) in [5.41, 5.74) is 2.66. The number of likely N-dealkylation sites (tertiary alicyclic amines) is 2. The Morgan fingerprint density at radius 1 is 1.00 bits per heavy atom. The number of hydrogen-bond donors (Lipinski definition) is 0. The number of hydrogen-bond acceptors (Lipinski definition) is 7. The normalized spacial score (nSPS) is 20.3. The highest BCUT2D eigenvalue weighted by Crippen LogP contribution is 2.33. The maximum atomic E-state index is 12.7. The van der Waals surface area contributed by atoms with Crippen LogP contribution in [0.5, 0.6) is 10.9 Å². The molecule has 0 radical (unpaired) electrons. The van der Waals surface area contributed by atoms with Gasteiger partial charge in [-0.2, -0.15) is 0 Å². The molecule has 2 aromatic heterocycles. The number of aromatic nitrogens is 3. The molecule has 2 saturated heterocycles. The van der Waals surface area contributed by atoms with Crippen LogP contribution in [-0.2, 0) is 6.54 Å². The van der Waals surface area contributed by atoms with Crippen molar-refractivity contribution in [1.82, 2.24) is 24.8 Å². The fraction of sp³-hybridized carbons (Fsp3) is 0.280. The van der Waals surface area contributed by atoms with Crippen LogP contribution in [0.25, 0.3) is 10.2 Å². The Morgan fingerprint density at radius 2 is 1.79 bits per heavy atom. The fourth-order valence-corrected chi connectivity index (χ4v) is 5.71. The van der Waals surface area contributed by atoms with Crippen molar-refractivity contribution in [2.45, 2.75) is 6.54 Å². The maximum Gasteiger partial charge on any atom is 0.279 e. The molecule has 1 amide bonds. The van der Waals surface area contributed by atoms with Crippen LogP contribution in [0, 0.1) is 11.8 Å². The Kier molecular flexibility index (Phi) is 5.24. The van der Waals surface area contributed by atoms with Gasteiger partial charge in [-0.05, 0) is 41.7 Å². The van der Waals surface area contributed by atoms with Crippen molar-refractivity contribution in [2.75, 3.05) is 26.2 Å². The van der Waals surface area contributed by atoms with Gasteiger partial charge in [0, 0.05) is 45.1 Å². The van der Waals surface area contributed by atoms with Crippen molar-refractivity contribution in [3.8, 4) is 10.9 Å². The van der Waals surface area contributed by atoms with E-state index in [0.717, 1.165) is 48.7 Å². The molecular formula is C25H23N5O2S. The molecule has 8 heteroatoms. The molecule has 33 heavy (non-hydrogen) atoms. The van der Waals surface area contributed by atoms with Gasteiger partial charge in [-0.15, -0.1) is 0 Å². The van der Waals surface area contributed by atoms with E-state index in [4.69, 9.17) is 4.74 Å². The number of carbonyl (C=O) groups excluding carboxylic acids is 1. The second kappa shape index (κ2) is 8.53. The predicted molar refractivity (Wildman–Crippen MR) is 126 cm³/mol. The van der Waals surface area contributed by atoms with Gasteiger partial charge in [0.15, 0.2) is 0 Å². The summed E-state index contributed by atoms with van der Waals surface area (Å²) in [5.74, 6) is 1.83. The SMILES string of the molecule is O=C(c1cnccn1)N1CC2CN(Cc3ccc(Oc4nc5ccccc5s4)cc3)CC2C1. The molecule has 0 N–H and O–H groups in total. The van der Waals surface area contributed by atoms with Crippen LogP contribution in [0.4, 0.5) is 0 Å². The van der Waals surface area contributed by atoms with Gasteiger partial charge in [0.25, 0.3) is 11.1 Å². The number of benzene rings is 2. The molecule has 4 aromatic rings. The Morgan fingerprint density at radius 3 is 2.52 bits per heavy atom. The van der Waals surface area contributed by atoms with E-state index in [2.05, 4.69) is 38.1 Å². The van der Waals surface area contributed by atoms with E-state index in [1.165, 1.54) is 5.56 Å². The van der Waals surface area contributed by atoms with Gasteiger partial charge in [-0.1, -0.05) is 35.6 Å². The zero-order valence-corrected chi connectivity index (χ0v) is 18.8. The smallest absolute Gasteiger partial charge is 0.279 e. The molecule has 0 saturated carbocycles. The largest absolute Gasteiger partial charge is 0.431 e. The van der Waals surface area contributed by atoms with E-state index < -0.39 is 0 Å². The first-order chi connectivity index (χ1) is 16.2. The van der Waals surface area contributed by atoms with Crippen molar-refractivity contribution in [2.24, 2.45) is 11.8 Å². The van der Waals surface area contributed by atoms with Gasteiger partial charge in [0.1, 0.15) is 11.4 Å². The highest BCUT2D eigenvalue weighted by Gasteiger charge is 2.41. The van der Waals surface area contributed by atoms with Crippen LogP contribution in [0.1, 0.15) is 16.1 Å². The summed E-state index contributed by atoms with van der Waals surface area (Å²) in [6.45, 7) is 4.53. The summed E-state index contributed by atoms with van der Waals surface area (Å²) in [7, 11) is 0. The highest BCUT2D eigenvalue weighted by molar-refractivity contribution is 7.20. The summed E-state index contributed by atoms with van der Waals surface area (Å²) >= 11 is 1.56. The minimum atomic E-state index is -0.00670. The van der Waals surface area contributed by atoms with Crippen LogP contribution in [0.15, 0.2) is 67.1 Å². The minimum absolute atomic E-state index is 0.00670. The van der Waals surface area contributed by atoms with Gasteiger partial charge < -0.3 is 9.64 Å². The molecule has 6 rings (SSSR count). The topological polar surface area (TPSA) is 71.5 Å². The molecule has 2 aliphatic rings. The number of para-hydroxylation sites is 1. The first-order valence-electron chi connectivity index (χ1n) is 11.1. The van der Waals surface area contributed by atoms with Gasteiger partial charge in [-0.25, -0.2) is 9.97 Å². The summed E-state index contributed by atoms with van der Waals surface area (Å²) in [6, 6.07) is 16.3. The molecule has 0 spiro atoms. The molecule has 2 aromatic carbocycles. The molecule has 2 fully saturated rings. The Balaban J connectivity index is 1.03. The first kappa shape index (κ1) is 20.3. The highest BCUT2D eigenvalue weighted by atomic mass is 32.1. The average Bonchev–Trinajstić information content (AvgIpc) is 3.53. The van der Waals surface area contributed by atoms with E-state index in [0.29, 0.717) is 22.7 Å². The summed E-state index contributed by atoms with van der Waals surface area (Å²) in [5, 5.41) is 0.664. The standard InChI is InChI=1S/C25H23N5O2S/c31-24(22-11-26-9-10-27-22)30-15-18-13-29(14-19(18)16-30)12-17-5-7-20(8-6-17)32-25-28-21-3-1-2-4-23(21)33-25/h1-11,18-19H,12-16H2. The van der Waals surface area contributed by atoms with Crippen LogP contribution in [0.3, 0.4) is 0 Å². The molecule has 2 atom stereocenters. The van der Waals surface area contributed by atoms with Crippen LogP contribution in [-0.4, -0.2) is 56.8 Å². The molecule has 7 nitrogen and oxygen atoms in total. The molecule has 0 aliphatic carbocycles. The van der Waals surface area contributed by atoms with E-state index in [1.807, 2.05) is 35.2 Å². The number of thiazole rings is 1. The van der Waals surface area contributed by atoms with Crippen molar-refractivity contribution in [3.05, 3.63) is 78.4 Å². The summed E-state index contributed by atoms with van der Waals surface area (Å²) < 4.78 is 7.09. The van der Waals surface area contributed by atoms with Crippen LogP contribution in [0.2, 0.25) is 0 Å². The molecule has 2 aliphatic heterocycles. The lowest BCUT2D eigenvalue weighted by Gasteiger charge is -2.21. The van der Waals surface area contributed by atoms with E-state index in [-0.39, 0.29) is 5.91 Å². The Bertz CT molecular complexity index is 1230. The second-order valence-electron chi connectivity index (χ2n) is 8.71. The lowest BCUT2D eigenvalue weighted by molar-refractivity contribution is 0.0767. The van der Waals surface area contributed by atoms with Crippen molar-refractivity contribution < 1.29 is 9.53 Å². The van der Waals surface area contributed by atoms with E-state index in [1.54, 1.807) is 29.9 Å². The molecule has 166 valence electrons. The molecular weight excluding hydrogens is 434 g/mol. The number of amides is 1. The zero-order chi connectivity index (χ0) is 22.2. The monoisotopic (exact) mass is 457 g/mol. The number of nitrogens with zero attached hydrogens (tertiary/aromatic N) is 5. The Hall–Kier alpha value is -3.36. The molecule has 2 unspecified atom stereocenters. The third kappa shape index (κ3) is 4.19. The maximum absolute atomic E-state index is 12.7. The van der Waals surface area contributed by atoms with Gasteiger partial charge in [0.05, 0.1) is 16.4 Å². The van der Waals surface area contributed by atoms with Crippen molar-refractivity contribution in [1.29, 1.82) is 0 Å². The van der Waals surface area contributed by atoms with Gasteiger partial charge in [-0.3, -0.25) is 14.7 Å². The minimum Gasteiger partial charge on any atom is -0.431 e. The van der Waals surface area contributed by atoms with E-state index in [9.17, 15) is 4.79 Å². The van der Waals surface area contributed by atoms with E-state index >= 15 is 0 Å². The lowest BCUT2D eigenvalue weighted by atomic mass is 10.0. The third-order valence-corrected chi connectivity index (χ3v) is 7.35. The number of carbonyl (C=O) groups is 1. The fourth-order valence-electron chi connectivity index (χ4n) is 4.87. The average molecular weight is 458 g/mol. The van der Waals surface area contributed by atoms with Crippen molar-refractivity contribution >= 4 is 27.5 Å². The molecule has 0 bridgehead atoms. The first-order valence-corrected chi connectivity index (χ1v) is 11.9. The zero-order valence-electron chi connectivity index (χ0n) is 18.0. The van der Waals surface area contributed by atoms with Crippen LogP contribution >= 0.6 is 11.3 Å². The number of ether oxygens (including phenoxy) is 1. The van der Waals surface area contributed by atoms with Crippen LogP contribution < -0.4 is 4.74 Å². The summed E-state index contributed by atoms with van der Waals surface area (Å²) in [6.07, 6.45) is 4.71. The predicted octanol–water partition coefficient (Wildman–Crippen LogP) is 4.08.